The molecule has 3 heterocycles. The highest BCUT2D eigenvalue weighted by Gasteiger charge is 2.37. The zero-order valence-corrected chi connectivity index (χ0v) is 17.3. The van der Waals surface area contributed by atoms with Crippen molar-refractivity contribution < 1.29 is 28.2 Å². The first-order chi connectivity index (χ1) is 14.2. The summed E-state index contributed by atoms with van der Waals surface area (Å²) in [6, 6.07) is 6.35. The number of piperazine rings is 1. The van der Waals surface area contributed by atoms with Crippen LogP contribution in [0.4, 0.5) is 0 Å². The molecule has 2 N–H and O–H groups in total. The molecule has 162 valence electrons. The first-order valence-corrected chi connectivity index (χ1v) is 11.8. The van der Waals surface area contributed by atoms with Crippen LogP contribution in [0.25, 0.3) is 10.9 Å². The Hall–Kier alpha value is -2.43. The van der Waals surface area contributed by atoms with E-state index in [0.717, 1.165) is 5.39 Å². The van der Waals surface area contributed by atoms with Crippen molar-refractivity contribution in [3.63, 3.8) is 0 Å². The first-order valence-electron chi connectivity index (χ1n) is 9.96. The van der Waals surface area contributed by atoms with E-state index < -0.39 is 27.8 Å². The lowest BCUT2D eigenvalue weighted by atomic mass is 10.0. The predicted octanol–water partition coefficient (Wildman–Crippen LogP) is 0.656. The van der Waals surface area contributed by atoms with Crippen molar-refractivity contribution in [2.45, 2.75) is 25.0 Å². The van der Waals surface area contributed by atoms with E-state index in [-0.39, 0.29) is 24.1 Å². The molecule has 0 saturated carbocycles. The molecule has 2 saturated heterocycles. The number of aromatic nitrogens is 1. The SMILES string of the molecule is O=C(O)Cn1cc([C@@H](C(=O)O)N2CCN([C@H]3CCS(=O)(=O)C3)CC2)c2ccccc21. The van der Waals surface area contributed by atoms with E-state index in [2.05, 4.69) is 4.90 Å². The molecule has 0 radical (unpaired) electrons. The molecule has 2 atom stereocenters. The fraction of sp³-hybridized carbons (Fsp3) is 0.500. The quantitative estimate of drug-likeness (QED) is 0.679. The summed E-state index contributed by atoms with van der Waals surface area (Å²) in [5, 5.41) is 20.0. The van der Waals surface area contributed by atoms with Gasteiger partial charge in [-0.2, -0.15) is 0 Å². The van der Waals surface area contributed by atoms with Crippen LogP contribution in [0.2, 0.25) is 0 Å². The number of nitrogens with zero attached hydrogens (tertiary/aromatic N) is 3. The highest BCUT2D eigenvalue weighted by molar-refractivity contribution is 7.91. The number of benzene rings is 1. The van der Waals surface area contributed by atoms with Crippen molar-refractivity contribution in [1.29, 1.82) is 0 Å². The topological polar surface area (TPSA) is 120 Å². The molecular weight excluding hydrogens is 410 g/mol. The average molecular weight is 436 g/mol. The lowest BCUT2D eigenvalue weighted by molar-refractivity contribution is -0.144. The Kier molecular flexibility index (Phi) is 5.56. The van der Waals surface area contributed by atoms with E-state index >= 15 is 0 Å². The molecular formula is C20H25N3O6S. The Morgan fingerprint density at radius 2 is 1.80 bits per heavy atom. The smallest absolute Gasteiger partial charge is 0.325 e. The number of carboxylic acids is 2. The summed E-state index contributed by atoms with van der Waals surface area (Å²) in [7, 11) is -2.96. The van der Waals surface area contributed by atoms with Crippen molar-refractivity contribution >= 4 is 32.7 Å². The van der Waals surface area contributed by atoms with Crippen molar-refractivity contribution in [3.8, 4) is 0 Å². The van der Waals surface area contributed by atoms with Crippen molar-refractivity contribution in [1.82, 2.24) is 14.4 Å². The maximum atomic E-state index is 12.2. The third-order valence-corrected chi connectivity index (χ3v) is 7.84. The number of aliphatic carboxylic acids is 2. The van der Waals surface area contributed by atoms with Crippen LogP contribution in [0, 0.1) is 0 Å². The van der Waals surface area contributed by atoms with Gasteiger partial charge in [0.2, 0.25) is 0 Å². The molecule has 2 aliphatic rings. The standard InChI is InChI=1S/C20H25N3O6S/c24-18(25)12-23-11-16(15-3-1-2-4-17(15)23)19(20(26)27)22-8-6-21(7-9-22)14-5-10-30(28,29)13-14/h1-4,11,14,19H,5-10,12-13H2,(H,24,25)(H,26,27)/t14-,19-/m0/s1. The lowest BCUT2D eigenvalue weighted by Gasteiger charge is -2.40. The van der Waals surface area contributed by atoms with Gasteiger partial charge in [0.05, 0.1) is 11.5 Å². The van der Waals surface area contributed by atoms with Gasteiger partial charge in [0.15, 0.2) is 9.84 Å². The molecule has 0 amide bonds. The van der Waals surface area contributed by atoms with Gasteiger partial charge in [-0.3, -0.25) is 19.4 Å². The number of carbonyl (C=O) groups is 2. The third-order valence-electron chi connectivity index (χ3n) is 6.09. The molecule has 4 rings (SSSR count). The first kappa shape index (κ1) is 20.8. The number of sulfone groups is 1. The van der Waals surface area contributed by atoms with Gasteiger partial charge in [0, 0.05) is 54.9 Å². The number of para-hydroxylation sites is 1. The molecule has 2 aromatic rings. The van der Waals surface area contributed by atoms with Crippen LogP contribution in [-0.2, 0) is 26.0 Å². The number of hydrogen-bond donors (Lipinski definition) is 2. The largest absolute Gasteiger partial charge is 0.480 e. The number of carboxylic acid groups (broad SMARTS) is 2. The fourth-order valence-electron chi connectivity index (χ4n) is 4.68. The molecule has 2 aliphatic heterocycles. The average Bonchev–Trinajstić information content (AvgIpc) is 3.23. The molecule has 0 spiro atoms. The highest BCUT2D eigenvalue weighted by Crippen LogP contribution is 2.32. The molecule has 0 unspecified atom stereocenters. The summed E-state index contributed by atoms with van der Waals surface area (Å²) in [6.07, 6.45) is 2.26. The molecule has 0 aliphatic carbocycles. The van der Waals surface area contributed by atoms with Gasteiger partial charge < -0.3 is 14.8 Å². The maximum absolute atomic E-state index is 12.2. The van der Waals surface area contributed by atoms with Gasteiger partial charge in [-0.25, -0.2) is 8.42 Å². The van der Waals surface area contributed by atoms with Crippen LogP contribution in [0.1, 0.15) is 18.0 Å². The summed E-state index contributed by atoms with van der Waals surface area (Å²) in [6.45, 7) is 1.99. The van der Waals surface area contributed by atoms with E-state index in [9.17, 15) is 28.2 Å². The van der Waals surface area contributed by atoms with Gasteiger partial charge in [0.1, 0.15) is 12.6 Å². The second kappa shape index (κ2) is 8.01. The Morgan fingerprint density at radius 1 is 1.10 bits per heavy atom. The molecule has 1 aromatic heterocycles. The summed E-state index contributed by atoms with van der Waals surface area (Å²) in [5.74, 6) is -1.57. The Bertz CT molecular complexity index is 1070. The monoisotopic (exact) mass is 435 g/mol. The fourth-order valence-corrected chi connectivity index (χ4v) is 6.44. The van der Waals surface area contributed by atoms with E-state index in [0.29, 0.717) is 43.7 Å². The molecule has 2 fully saturated rings. The van der Waals surface area contributed by atoms with Crippen LogP contribution >= 0.6 is 0 Å². The van der Waals surface area contributed by atoms with E-state index in [4.69, 9.17) is 0 Å². The number of hydrogen-bond acceptors (Lipinski definition) is 6. The normalized spacial score (nSPS) is 23.5. The Labute approximate surface area is 174 Å². The summed E-state index contributed by atoms with van der Waals surface area (Å²) < 4.78 is 25.1. The van der Waals surface area contributed by atoms with Gasteiger partial charge in [-0.05, 0) is 12.5 Å². The minimum absolute atomic E-state index is 0.0120. The van der Waals surface area contributed by atoms with E-state index in [1.54, 1.807) is 22.9 Å². The van der Waals surface area contributed by atoms with Gasteiger partial charge in [-0.1, -0.05) is 18.2 Å². The van der Waals surface area contributed by atoms with E-state index in [1.165, 1.54) is 0 Å². The van der Waals surface area contributed by atoms with Crippen LogP contribution in [0.3, 0.4) is 0 Å². The maximum Gasteiger partial charge on any atom is 0.325 e. The second-order valence-corrected chi connectivity index (χ2v) is 10.2. The minimum atomic E-state index is -2.96. The molecule has 0 bridgehead atoms. The van der Waals surface area contributed by atoms with Crippen molar-refractivity contribution in [2.75, 3.05) is 37.7 Å². The lowest BCUT2D eigenvalue weighted by Crippen LogP contribution is -2.52. The minimum Gasteiger partial charge on any atom is -0.480 e. The number of rotatable bonds is 6. The molecule has 10 heteroatoms. The van der Waals surface area contributed by atoms with Crippen molar-refractivity contribution in [3.05, 3.63) is 36.0 Å². The van der Waals surface area contributed by atoms with Crippen LogP contribution in [0.15, 0.2) is 30.5 Å². The van der Waals surface area contributed by atoms with Gasteiger partial charge in [0.25, 0.3) is 0 Å². The molecule has 9 nitrogen and oxygen atoms in total. The summed E-state index contributed by atoms with van der Waals surface area (Å²) in [5.41, 5.74) is 1.27. The van der Waals surface area contributed by atoms with E-state index in [1.807, 2.05) is 17.0 Å². The van der Waals surface area contributed by atoms with Gasteiger partial charge >= 0.3 is 11.9 Å². The zero-order valence-electron chi connectivity index (χ0n) is 16.5. The number of fused-ring (bicyclic) bond motifs is 1. The summed E-state index contributed by atoms with van der Waals surface area (Å²) in [4.78, 5) is 27.5. The zero-order chi connectivity index (χ0) is 21.5. The summed E-state index contributed by atoms with van der Waals surface area (Å²) >= 11 is 0. The van der Waals surface area contributed by atoms with Crippen LogP contribution in [-0.4, -0.2) is 88.7 Å². The Balaban J connectivity index is 1.57. The highest BCUT2D eigenvalue weighted by atomic mass is 32.2. The van der Waals surface area contributed by atoms with Crippen LogP contribution in [0.5, 0.6) is 0 Å². The third kappa shape index (κ3) is 4.07. The molecule has 30 heavy (non-hydrogen) atoms. The van der Waals surface area contributed by atoms with Gasteiger partial charge in [-0.15, -0.1) is 0 Å². The van der Waals surface area contributed by atoms with Crippen LogP contribution < -0.4 is 0 Å². The predicted molar refractivity (Wildman–Crippen MR) is 110 cm³/mol. The van der Waals surface area contributed by atoms with Crippen molar-refractivity contribution in [2.24, 2.45) is 0 Å². The molecule has 1 aromatic carbocycles. The Morgan fingerprint density at radius 3 is 2.40 bits per heavy atom. The second-order valence-electron chi connectivity index (χ2n) is 7.99.